The van der Waals surface area contributed by atoms with Crippen molar-refractivity contribution in [3.05, 3.63) is 39.6 Å². The van der Waals surface area contributed by atoms with Gasteiger partial charge in [-0.05, 0) is 43.0 Å². The van der Waals surface area contributed by atoms with Crippen LogP contribution in [0.2, 0.25) is 0 Å². The van der Waals surface area contributed by atoms with Crippen molar-refractivity contribution >= 4 is 28.6 Å². The van der Waals surface area contributed by atoms with Crippen LogP contribution in [0.15, 0.2) is 24.3 Å². The third-order valence-corrected chi connectivity index (χ3v) is 4.49. The summed E-state index contributed by atoms with van der Waals surface area (Å²) in [5.41, 5.74) is 7.93. The van der Waals surface area contributed by atoms with Crippen molar-refractivity contribution < 1.29 is 9.90 Å². The molecule has 4 nitrogen and oxygen atoms in total. The number of aryl methyl sites for hydroxylation is 2. The minimum absolute atomic E-state index is 0.0885. The second-order valence-electron chi connectivity index (χ2n) is 4.64. The van der Waals surface area contributed by atoms with Crippen LogP contribution in [0.3, 0.4) is 0 Å². The van der Waals surface area contributed by atoms with Crippen molar-refractivity contribution in [2.24, 2.45) is 0 Å². The summed E-state index contributed by atoms with van der Waals surface area (Å²) in [6, 6.07) is 6.49. The summed E-state index contributed by atoms with van der Waals surface area (Å²) in [6.45, 7) is 0. The molecule has 2 aromatic rings. The Morgan fingerprint density at radius 2 is 2.16 bits per heavy atom. The Hall–Kier alpha value is -2.01. The van der Waals surface area contributed by atoms with E-state index in [2.05, 4.69) is 5.32 Å². The molecule has 0 saturated heterocycles. The van der Waals surface area contributed by atoms with Gasteiger partial charge in [-0.3, -0.25) is 4.79 Å². The fraction of sp³-hybridized carbons (Fsp3) is 0.214. The van der Waals surface area contributed by atoms with Crippen molar-refractivity contribution in [1.82, 2.24) is 0 Å². The number of nitrogens with one attached hydrogen (secondary N) is 1. The molecule has 1 amide bonds. The van der Waals surface area contributed by atoms with Gasteiger partial charge in [0.1, 0.15) is 5.75 Å². The molecule has 1 aliphatic rings. The highest BCUT2D eigenvalue weighted by molar-refractivity contribution is 7.14. The normalized spacial score (nSPS) is 13.3. The maximum Gasteiger partial charge on any atom is 0.265 e. The number of rotatable bonds is 2. The molecular weight excluding hydrogens is 260 g/mol. The predicted octanol–water partition coefficient (Wildman–Crippen LogP) is 2.78. The van der Waals surface area contributed by atoms with Gasteiger partial charge in [0.15, 0.2) is 0 Å². The molecule has 1 aromatic carbocycles. The Labute approximate surface area is 114 Å². The van der Waals surface area contributed by atoms with Crippen molar-refractivity contribution in [2.75, 3.05) is 11.1 Å². The van der Waals surface area contributed by atoms with Gasteiger partial charge in [0.25, 0.3) is 5.91 Å². The van der Waals surface area contributed by atoms with Crippen LogP contribution in [-0.4, -0.2) is 11.0 Å². The zero-order chi connectivity index (χ0) is 13.4. The van der Waals surface area contributed by atoms with Gasteiger partial charge in [0.05, 0.1) is 16.3 Å². The lowest BCUT2D eigenvalue weighted by Crippen LogP contribution is -2.11. The Balaban J connectivity index is 1.80. The number of hydrogen-bond donors (Lipinski definition) is 3. The largest absolute Gasteiger partial charge is 0.508 e. The quantitative estimate of drug-likeness (QED) is 0.582. The SMILES string of the molecule is Nc1cc(O)ccc1NC(=O)c1cc2c(s1)CCC2. The highest BCUT2D eigenvalue weighted by Gasteiger charge is 2.18. The summed E-state index contributed by atoms with van der Waals surface area (Å²) in [5.74, 6) is -0.0533. The number of fused-ring (bicyclic) bond motifs is 1. The van der Waals surface area contributed by atoms with E-state index in [0.717, 1.165) is 17.7 Å². The van der Waals surface area contributed by atoms with E-state index in [1.807, 2.05) is 6.07 Å². The second kappa shape index (κ2) is 4.59. The first kappa shape index (κ1) is 12.0. The van der Waals surface area contributed by atoms with Gasteiger partial charge in [-0.25, -0.2) is 0 Å². The van der Waals surface area contributed by atoms with Gasteiger partial charge in [0.2, 0.25) is 0 Å². The van der Waals surface area contributed by atoms with Crippen LogP contribution >= 0.6 is 11.3 Å². The Bertz CT molecular complexity index is 627. The van der Waals surface area contributed by atoms with Crippen LogP contribution in [0.1, 0.15) is 26.5 Å². The molecule has 4 N–H and O–H groups in total. The van der Waals surface area contributed by atoms with E-state index in [9.17, 15) is 9.90 Å². The third kappa shape index (κ3) is 2.29. The van der Waals surface area contributed by atoms with Crippen molar-refractivity contribution in [1.29, 1.82) is 0 Å². The molecule has 0 unspecified atom stereocenters. The molecule has 0 spiro atoms. The van der Waals surface area contributed by atoms with Crippen molar-refractivity contribution in [3.8, 4) is 5.75 Å². The maximum atomic E-state index is 12.1. The lowest BCUT2D eigenvalue weighted by molar-refractivity contribution is 0.103. The van der Waals surface area contributed by atoms with E-state index in [1.165, 1.54) is 29.0 Å². The van der Waals surface area contributed by atoms with Gasteiger partial charge in [-0.15, -0.1) is 11.3 Å². The van der Waals surface area contributed by atoms with E-state index in [1.54, 1.807) is 17.4 Å². The number of phenols is 1. The van der Waals surface area contributed by atoms with Crippen LogP contribution in [0, 0.1) is 0 Å². The summed E-state index contributed by atoms with van der Waals surface area (Å²) in [5, 5.41) is 12.1. The number of anilines is 2. The van der Waals surface area contributed by atoms with Gasteiger partial charge in [-0.2, -0.15) is 0 Å². The molecule has 0 radical (unpaired) electrons. The van der Waals surface area contributed by atoms with E-state index in [4.69, 9.17) is 5.73 Å². The molecule has 0 saturated carbocycles. The minimum atomic E-state index is -0.142. The van der Waals surface area contributed by atoms with E-state index in [-0.39, 0.29) is 11.7 Å². The zero-order valence-corrected chi connectivity index (χ0v) is 11.1. The van der Waals surface area contributed by atoms with Crippen LogP contribution < -0.4 is 11.1 Å². The Kier molecular flexibility index (Phi) is 2.91. The molecule has 0 fully saturated rings. The number of hydrogen-bond acceptors (Lipinski definition) is 4. The number of amides is 1. The van der Waals surface area contributed by atoms with Gasteiger partial charge in [0, 0.05) is 10.9 Å². The monoisotopic (exact) mass is 274 g/mol. The lowest BCUT2D eigenvalue weighted by Gasteiger charge is -2.07. The van der Waals surface area contributed by atoms with Crippen LogP contribution in [-0.2, 0) is 12.8 Å². The summed E-state index contributed by atoms with van der Waals surface area (Å²) >= 11 is 1.56. The first-order valence-electron chi connectivity index (χ1n) is 6.15. The lowest BCUT2D eigenvalue weighted by atomic mass is 10.2. The third-order valence-electron chi connectivity index (χ3n) is 3.25. The maximum absolute atomic E-state index is 12.1. The second-order valence-corrected chi connectivity index (χ2v) is 5.78. The molecule has 98 valence electrons. The number of carbonyl (C=O) groups is 1. The first-order valence-corrected chi connectivity index (χ1v) is 6.96. The van der Waals surface area contributed by atoms with Crippen LogP contribution in [0.5, 0.6) is 5.75 Å². The fourth-order valence-electron chi connectivity index (χ4n) is 2.29. The van der Waals surface area contributed by atoms with Crippen LogP contribution in [0.4, 0.5) is 11.4 Å². The molecule has 3 rings (SSSR count). The molecule has 19 heavy (non-hydrogen) atoms. The number of phenolic OH excluding ortho intramolecular Hbond substituents is 1. The molecule has 1 aliphatic carbocycles. The fourth-order valence-corrected chi connectivity index (χ4v) is 3.44. The number of nitrogen functional groups attached to an aromatic ring is 1. The molecule has 1 aromatic heterocycles. The van der Waals surface area contributed by atoms with E-state index in [0.29, 0.717) is 11.4 Å². The Morgan fingerprint density at radius 3 is 2.89 bits per heavy atom. The average molecular weight is 274 g/mol. The number of benzene rings is 1. The van der Waals surface area contributed by atoms with E-state index < -0.39 is 0 Å². The highest BCUT2D eigenvalue weighted by Crippen LogP contribution is 2.31. The number of thiophene rings is 1. The average Bonchev–Trinajstić information content (AvgIpc) is 2.93. The smallest absolute Gasteiger partial charge is 0.265 e. The number of nitrogens with two attached hydrogens (primary N) is 1. The molecule has 0 aliphatic heterocycles. The zero-order valence-electron chi connectivity index (χ0n) is 10.3. The molecule has 1 heterocycles. The van der Waals surface area contributed by atoms with Crippen molar-refractivity contribution in [3.63, 3.8) is 0 Å². The standard InChI is InChI=1S/C14H14N2O2S/c15-10-7-9(17)4-5-11(10)16-14(18)13-6-8-2-1-3-12(8)19-13/h4-7,17H,1-3,15H2,(H,16,18). The first-order chi connectivity index (χ1) is 9.13. The number of aromatic hydroxyl groups is 1. The summed E-state index contributed by atoms with van der Waals surface area (Å²) < 4.78 is 0. The molecule has 0 bridgehead atoms. The molecular formula is C14H14N2O2S. The summed E-state index contributed by atoms with van der Waals surface area (Å²) in [4.78, 5) is 14.2. The highest BCUT2D eigenvalue weighted by atomic mass is 32.1. The summed E-state index contributed by atoms with van der Waals surface area (Å²) in [6.07, 6.45) is 3.34. The Morgan fingerprint density at radius 1 is 1.32 bits per heavy atom. The van der Waals surface area contributed by atoms with Crippen molar-refractivity contribution in [2.45, 2.75) is 19.3 Å². The molecule has 5 heteroatoms. The molecule has 0 atom stereocenters. The van der Waals surface area contributed by atoms with Crippen LogP contribution in [0.25, 0.3) is 0 Å². The minimum Gasteiger partial charge on any atom is -0.508 e. The van der Waals surface area contributed by atoms with Gasteiger partial charge < -0.3 is 16.2 Å². The topological polar surface area (TPSA) is 75.3 Å². The predicted molar refractivity (Wildman–Crippen MR) is 76.8 cm³/mol. The van der Waals surface area contributed by atoms with Gasteiger partial charge in [-0.1, -0.05) is 0 Å². The van der Waals surface area contributed by atoms with Gasteiger partial charge >= 0.3 is 0 Å². The number of carbonyl (C=O) groups excluding carboxylic acids is 1. The summed E-state index contributed by atoms with van der Waals surface area (Å²) in [7, 11) is 0. The van der Waals surface area contributed by atoms with E-state index >= 15 is 0 Å².